The van der Waals surface area contributed by atoms with Crippen LogP contribution in [0, 0.1) is 11.8 Å². The quantitative estimate of drug-likeness (QED) is 0.676. The molecular weight excluding hydrogens is 262 g/mol. The third kappa shape index (κ3) is 6.35. The number of unbranched alkanes of at least 4 members (excludes halogenated alkanes) is 1. The van der Waals surface area contributed by atoms with Gasteiger partial charge in [-0.15, -0.1) is 0 Å². The molecule has 1 aliphatic rings. The Morgan fingerprint density at radius 1 is 1.29 bits per heavy atom. The molecular formula is C17H35N3O. The van der Waals surface area contributed by atoms with Crippen molar-refractivity contribution in [3.05, 3.63) is 0 Å². The second kappa shape index (κ2) is 8.14. The normalized spacial score (nSPS) is 26.8. The molecule has 0 radical (unpaired) electrons. The zero-order valence-corrected chi connectivity index (χ0v) is 14.6. The maximum absolute atomic E-state index is 11.7. The van der Waals surface area contributed by atoms with Crippen LogP contribution in [0.4, 0.5) is 0 Å². The second-order valence-electron chi connectivity index (χ2n) is 7.66. The third-order valence-corrected chi connectivity index (χ3v) is 4.50. The van der Waals surface area contributed by atoms with E-state index >= 15 is 0 Å². The maximum atomic E-state index is 11.7. The van der Waals surface area contributed by atoms with Crippen molar-refractivity contribution in [1.82, 2.24) is 10.2 Å². The van der Waals surface area contributed by atoms with E-state index in [0.29, 0.717) is 0 Å². The Labute approximate surface area is 130 Å². The monoisotopic (exact) mass is 297 g/mol. The van der Waals surface area contributed by atoms with Crippen molar-refractivity contribution in [3.63, 3.8) is 0 Å². The zero-order chi connectivity index (χ0) is 16.0. The molecule has 1 amide bonds. The molecule has 21 heavy (non-hydrogen) atoms. The Kier molecular flexibility index (Phi) is 7.14. The molecule has 0 saturated carbocycles. The summed E-state index contributed by atoms with van der Waals surface area (Å²) in [6.07, 6.45) is 4.36. The highest BCUT2D eigenvalue weighted by atomic mass is 16.1. The fourth-order valence-electron chi connectivity index (χ4n) is 3.69. The number of hydrogen-bond donors (Lipinski definition) is 2. The lowest BCUT2D eigenvalue weighted by Gasteiger charge is -2.35. The second-order valence-corrected chi connectivity index (χ2v) is 7.66. The van der Waals surface area contributed by atoms with Gasteiger partial charge in [0, 0.05) is 19.1 Å². The van der Waals surface area contributed by atoms with Crippen LogP contribution in [0.1, 0.15) is 60.3 Å². The minimum absolute atomic E-state index is 0.239. The van der Waals surface area contributed by atoms with E-state index in [1.54, 1.807) is 0 Å². The zero-order valence-electron chi connectivity index (χ0n) is 14.6. The molecule has 124 valence electrons. The molecule has 3 unspecified atom stereocenters. The summed E-state index contributed by atoms with van der Waals surface area (Å²) in [6, 6.07) is 0.270. The van der Waals surface area contributed by atoms with Gasteiger partial charge in [0.15, 0.2) is 0 Å². The Morgan fingerprint density at radius 2 is 1.86 bits per heavy atom. The fraction of sp³-hybridized carbons (Fsp3) is 0.941. The van der Waals surface area contributed by atoms with Gasteiger partial charge in [-0.1, -0.05) is 13.8 Å². The maximum Gasteiger partial charge on any atom is 0.237 e. The van der Waals surface area contributed by atoms with Crippen molar-refractivity contribution < 1.29 is 4.79 Å². The summed E-state index contributed by atoms with van der Waals surface area (Å²) in [5.74, 6) is 1.39. The summed E-state index contributed by atoms with van der Waals surface area (Å²) >= 11 is 0. The summed E-state index contributed by atoms with van der Waals surface area (Å²) in [4.78, 5) is 14.3. The summed E-state index contributed by atoms with van der Waals surface area (Å²) in [5, 5.41) is 3.32. The molecule has 1 heterocycles. The van der Waals surface area contributed by atoms with Gasteiger partial charge in [-0.3, -0.25) is 4.79 Å². The average Bonchev–Trinajstić information content (AvgIpc) is 2.32. The first-order valence-electron chi connectivity index (χ1n) is 8.53. The number of nitrogens with one attached hydrogen (secondary N) is 1. The number of carbonyl (C=O) groups is 1. The molecule has 4 heteroatoms. The van der Waals surface area contributed by atoms with E-state index in [-0.39, 0.29) is 11.9 Å². The highest BCUT2D eigenvalue weighted by Crippen LogP contribution is 2.22. The van der Waals surface area contributed by atoms with E-state index in [1.165, 1.54) is 19.5 Å². The van der Waals surface area contributed by atoms with E-state index in [4.69, 9.17) is 5.73 Å². The molecule has 3 atom stereocenters. The van der Waals surface area contributed by atoms with Crippen molar-refractivity contribution in [2.24, 2.45) is 17.6 Å². The number of amides is 1. The first-order chi connectivity index (χ1) is 9.73. The molecule has 0 spiro atoms. The Balaban J connectivity index is 2.33. The molecule has 0 aromatic rings. The van der Waals surface area contributed by atoms with Crippen LogP contribution in [0.2, 0.25) is 0 Å². The average molecular weight is 297 g/mol. The fourth-order valence-corrected chi connectivity index (χ4v) is 3.69. The van der Waals surface area contributed by atoms with Gasteiger partial charge in [0.1, 0.15) is 0 Å². The third-order valence-electron chi connectivity index (χ3n) is 4.50. The topological polar surface area (TPSA) is 58.4 Å². The van der Waals surface area contributed by atoms with E-state index in [1.807, 2.05) is 6.92 Å². The van der Waals surface area contributed by atoms with Crippen LogP contribution in [-0.2, 0) is 4.79 Å². The Morgan fingerprint density at radius 3 is 2.33 bits per heavy atom. The van der Waals surface area contributed by atoms with Crippen molar-refractivity contribution in [1.29, 1.82) is 0 Å². The number of nitrogens with zero attached hydrogens (tertiary/aromatic N) is 1. The number of hydrogen-bond acceptors (Lipinski definition) is 3. The van der Waals surface area contributed by atoms with Crippen LogP contribution >= 0.6 is 0 Å². The predicted octanol–water partition coefficient (Wildman–Crippen LogP) is 2.38. The molecule has 1 rings (SSSR count). The van der Waals surface area contributed by atoms with Gasteiger partial charge < -0.3 is 16.0 Å². The van der Waals surface area contributed by atoms with Gasteiger partial charge in [0.25, 0.3) is 0 Å². The van der Waals surface area contributed by atoms with E-state index in [9.17, 15) is 4.79 Å². The van der Waals surface area contributed by atoms with Crippen LogP contribution in [0.3, 0.4) is 0 Å². The lowest BCUT2D eigenvalue weighted by molar-refractivity contribution is -0.124. The minimum atomic E-state index is -0.573. The van der Waals surface area contributed by atoms with Crippen LogP contribution in [0.15, 0.2) is 0 Å². The van der Waals surface area contributed by atoms with Crippen molar-refractivity contribution in [2.75, 3.05) is 19.6 Å². The molecule has 1 saturated heterocycles. The van der Waals surface area contributed by atoms with Gasteiger partial charge in [0.2, 0.25) is 5.91 Å². The summed E-state index contributed by atoms with van der Waals surface area (Å²) < 4.78 is 0. The number of primary amides is 1. The number of piperidine rings is 1. The molecule has 0 aromatic heterocycles. The van der Waals surface area contributed by atoms with Gasteiger partial charge in [-0.25, -0.2) is 0 Å². The smallest absolute Gasteiger partial charge is 0.237 e. The predicted molar refractivity (Wildman–Crippen MR) is 89.1 cm³/mol. The molecule has 1 fully saturated rings. The van der Waals surface area contributed by atoms with E-state index in [2.05, 4.69) is 37.9 Å². The Hall–Kier alpha value is -0.610. The number of nitrogens with two attached hydrogens (primary N) is 1. The minimum Gasteiger partial charge on any atom is -0.368 e. The van der Waals surface area contributed by atoms with Gasteiger partial charge in [-0.2, -0.15) is 0 Å². The van der Waals surface area contributed by atoms with Gasteiger partial charge >= 0.3 is 0 Å². The highest BCUT2D eigenvalue weighted by molar-refractivity contribution is 5.84. The Bertz CT molecular complexity index is 322. The van der Waals surface area contributed by atoms with E-state index < -0.39 is 5.54 Å². The molecule has 0 bridgehead atoms. The number of likely N-dealkylation sites (tertiary alicyclic amines) is 1. The lowest BCUT2D eigenvalue weighted by atomic mass is 9.91. The van der Waals surface area contributed by atoms with Gasteiger partial charge in [-0.05, 0) is 64.8 Å². The molecule has 0 aliphatic carbocycles. The summed E-state index contributed by atoms with van der Waals surface area (Å²) in [6.45, 7) is 14.3. The first-order valence-corrected chi connectivity index (χ1v) is 8.53. The molecule has 3 N–H and O–H groups in total. The summed E-state index contributed by atoms with van der Waals surface area (Å²) in [7, 11) is 0. The standard InChI is InChI=1S/C17H35N3O/c1-13(2)19-17(5,16(18)21)8-6-7-9-20-11-14(3)10-15(4)12-20/h13-15,19H,6-12H2,1-5H3,(H2,18,21). The van der Waals surface area contributed by atoms with Crippen molar-refractivity contribution in [2.45, 2.75) is 71.9 Å². The molecule has 0 aromatic carbocycles. The number of carbonyl (C=O) groups excluding carboxylic acids is 1. The summed E-state index contributed by atoms with van der Waals surface area (Å²) in [5.41, 5.74) is 5.00. The van der Waals surface area contributed by atoms with Crippen molar-refractivity contribution in [3.8, 4) is 0 Å². The largest absolute Gasteiger partial charge is 0.368 e. The van der Waals surface area contributed by atoms with Crippen LogP contribution < -0.4 is 11.1 Å². The number of rotatable bonds is 8. The van der Waals surface area contributed by atoms with Crippen LogP contribution in [-0.4, -0.2) is 42.0 Å². The molecule has 4 nitrogen and oxygen atoms in total. The van der Waals surface area contributed by atoms with Crippen LogP contribution in [0.5, 0.6) is 0 Å². The van der Waals surface area contributed by atoms with Gasteiger partial charge in [0.05, 0.1) is 5.54 Å². The molecule has 1 aliphatic heterocycles. The lowest BCUT2D eigenvalue weighted by Crippen LogP contribution is -2.55. The first kappa shape index (κ1) is 18.4. The highest BCUT2D eigenvalue weighted by Gasteiger charge is 2.30. The van der Waals surface area contributed by atoms with Crippen LogP contribution in [0.25, 0.3) is 0 Å². The SMILES string of the molecule is CC1CC(C)CN(CCCCC(C)(NC(C)C)C(N)=O)C1. The van der Waals surface area contributed by atoms with E-state index in [0.717, 1.165) is 37.6 Å². The van der Waals surface area contributed by atoms with Crippen molar-refractivity contribution >= 4 is 5.91 Å².